The van der Waals surface area contributed by atoms with Crippen LogP contribution in [0.3, 0.4) is 0 Å². The molecule has 1 heteroatoms. The monoisotopic (exact) mass is 276 g/mol. The second-order valence-corrected chi connectivity index (χ2v) is 6.38. The molecule has 0 aliphatic rings. The Balaban J connectivity index is 1.87. The molecule has 3 rings (SSSR count). The Morgan fingerprint density at radius 3 is 1.67 bits per heavy atom. The van der Waals surface area contributed by atoms with Crippen molar-refractivity contribution in [1.82, 2.24) is 0 Å². The van der Waals surface area contributed by atoms with Crippen molar-refractivity contribution >= 4 is 0 Å². The highest BCUT2D eigenvalue weighted by Gasteiger charge is 2.13. The van der Waals surface area contributed by atoms with Gasteiger partial charge in [-0.1, -0.05) is 69.3 Å². The van der Waals surface area contributed by atoms with E-state index in [9.17, 15) is 0 Å². The van der Waals surface area contributed by atoms with Crippen LogP contribution in [0.15, 0.2) is 71.3 Å². The molecule has 0 saturated heterocycles. The van der Waals surface area contributed by atoms with Crippen LogP contribution in [0.1, 0.15) is 26.3 Å². The third-order valence-electron chi connectivity index (χ3n) is 3.77. The molecule has 0 saturated carbocycles. The summed E-state index contributed by atoms with van der Waals surface area (Å²) in [5, 5.41) is 0. The molecular weight excluding hydrogens is 256 g/mol. The predicted octanol–water partition coefficient (Wildman–Crippen LogP) is 5.91. The van der Waals surface area contributed by atoms with E-state index in [0.717, 1.165) is 11.3 Å². The van der Waals surface area contributed by atoms with Gasteiger partial charge in [-0.2, -0.15) is 0 Å². The van der Waals surface area contributed by atoms with E-state index in [1.54, 1.807) is 6.26 Å². The van der Waals surface area contributed by atoms with Crippen LogP contribution in [0.2, 0.25) is 0 Å². The van der Waals surface area contributed by atoms with Crippen molar-refractivity contribution < 1.29 is 4.42 Å². The van der Waals surface area contributed by atoms with Crippen molar-refractivity contribution in [2.45, 2.75) is 26.2 Å². The van der Waals surface area contributed by atoms with Crippen LogP contribution in [0.25, 0.3) is 22.5 Å². The molecule has 1 aromatic heterocycles. The molecule has 0 aliphatic carbocycles. The van der Waals surface area contributed by atoms with E-state index in [1.165, 1.54) is 16.7 Å². The van der Waals surface area contributed by atoms with Gasteiger partial charge >= 0.3 is 0 Å². The van der Waals surface area contributed by atoms with Gasteiger partial charge in [0.2, 0.25) is 0 Å². The lowest BCUT2D eigenvalue weighted by Crippen LogP contribution is -2.10. The topological polar surface area (TPSA) is 13.1 Å². The highest BCUT2D eigenvalue weighted by atomic mass is 16.3. The smallest absolute Gasteiger partial charge is 0.133 e. The molecule has 106 valence electrons. The number of benzene rings is 2. The second kappa shape index (κ2) is 5.25. The Labute approximate surface area is 126 Å². The van der Waals surface area contributed by atoms with Gasteiger partial charge in [-0.05, 0) is 34.2 Å². The molecule has 0 radical (unpaired) electrons. The minimum absolute atomic E-state index is 0.196. The standard InChI is InChI=1S/C20H20O/c1-20(2,3)18-12-10-16(11-13-18)15-6-8-17(9-7-15)19-5-4-14-21-19/h4-14H,1-3H3. The zero-order chi connectivity index (χ0) is 14.9. The minimum atomic E-state index is 0.196. The lowest BCUT2D eigenvalue weighted by molar-refractivity contribution is 0.582. The van der Waals surface area contributed by atoms with E-state index in [-0.39, 0.29) is 5.41 Å². The molecule has 21 heavy (non-hydrogen) atoms. The lowest BCUT2D eigenvalue weighted by atomic mass is 9.86. The van der Waals surface area contributed by atoms with E-state index in [0.29, 0.717) is 0 Å². The van der Waals surface area contributed by atoms with Gasteiger partial charge in [-0.3, -0.25) is 0 Å². The van der Waals surface area contributed by atoms with E-state index >= 15 is 0 Å². The van der Waals surface area contributed by atoms with Crippen LogP contribution in [-0.4, -0.2) is 0 Å². The summed E-state index contributed by atoms with van der Waals surface area (Å²) in [5.74, 6) is 0.907. The van der Waals surface area contributed by atoms with Crippen LogP contribution in [0, 0.1) is 0 Å². The van der Waals surface area contributed by atoms with Gasteiger partial charge < -0.3 is 4.42 Å². The first-order chi connectivity index (χ1) is 10.0. The summed E-state index contributed by atoms with van der Waals surface area (Å²) in [6, 6.07) is 21.2. The molecule has 2 aromatic carbocycles. The first-order valence-electron chi connectivity index (χ1n) is 7.29. The molecule has 0 aliphatic heterocycles. The first-order valence-corrected chi connectivity index (χ1v) is 7.29. The number of hydrogen-bond donors (Lipinski definition) is 0. The van der Waals surface area contributed by atoms with Gasteiger partial charge in [0.25, 0.3) is 0 Å². The summed E-state index contributed by atoms with van der Waals surface area (Å²) in [4.78, 5) is 0. The zero-order valence-corrected chi connectivity index (χ0v) is 12.8. The SMILES string of the molecule is CC(C)(C)c1ccc(-c2ccc(-c3ccco3)cc2)cc1. The van der Waals surface area contributed by atoms with Crippen LogP contribution in [-0.2, 0) is 5.41 Å². The Hall–Kier alpha value is -2.28. The lowest BCUT2D eigenvalue weighted by Gasteiger charge is -2.19. The quantitative estimate of drug-likeness (QED) is 0.567. The molecule has 0 fully saturated rings. The van der Waals surface area contributed by atoms with Crippen LogP contribution in [0.5, 0.6) is 0 Å². The highest BCUT2D eigenvalue weighted by Crippen LogP contribution is 2.28. The predicted molar refractivity (Wildman–Crippen MR) is 88.3 cm³/mol. The summed E-state index contributed by atoms with van der Waals surface area (Å²) in [7, 11) is 0. The Morgan fingerprint density at radius 1 is 0.667 bits per heavy atom. The largest absolute Gasteiger partial charge is 0.464 e. The average Bonchev–Trinajstić information content (AvgIpc) is 3.01. The first kappa shape index (κ1) is 13.7. The van der Waals surface area contributed by atoms with E-state index in [4.69, 9.17) is 4.42 Å². The van der Waals surface area contributed by atoms with E-state index in [1.807, 2.05) is 12.1 Å². The van der Waals surface area contributed by atoms with Gasteiger partial charge in [0.15, 0.2) is 0 Å². The van der Waals surface area contributed by atoms with E-state index in [2.05, 4.69) is 69.3 Å². The van der Waals surface area contributed by atoms with Gasteiger partial charge in [-0.25, -0.2) is 0 Å². The second-order valence-electron chi connectivity index (χ2n) is 6.38. The number of furan rings is 1. The Kier molecular flexibility index (Phi) is 3.42. The van der Waals surface area contributed by atoms with E-state index < -0.39 is 0 Å². The molecule has 3 aromatic rings. The molecule has 0 bridgehead atoms. The highest BCUT2D eigenvalue weighted by molar-refractivity contribution is 5.68. The van der Waals surface area contributed by atoms with Crippen LogP contribution >= 0.6 is 0 Å². The van der Waals surface area contributed by atoms with Crippen molar-refractivity contribution in [3.8, 4) is 22.5 Å². The average molecular weight is 276 g/mol. The van der Waals surface area contributed by atoms with Gasteiger partial charge in [0.1, 0.15) is 5.76 Å². The Bertz CT molecular complexity index is 696. The molecular formula is C20H20O. The minimum Gasteiger partial charge on any atom is -0.464 e. The fourth-order valence-electron chi connectivity index (χ4n) is 2.43. The summed E-state index contributed by atoms with van der Waals surface area (Å²) >= 11 is 0. The zero-order valence-electron chi connectivity index (χ0n) is 12.8. The number of rotatable bonds is 2. The van der Waals surface area contributed by atoms with Crippen molar-refractivity contribution in [2.75, 3.05) is 0 Å². The normalized spacial score (nSPS) is 11.6. The van der Waals surface area contributed by atoms with Crippen molar-refractivity contribution in [1.29, 1.82) is 0 Å². The maximum atomic E-state index is 5.42. The van der Waals surface area contributed by atoms with Crippen LogP contribution < -0.4 is 0 Å². The third kappa shape index (κ3) is 2.92. The van der Waals surface area contributed by atoms with Gasteiger partial charge in [0.05, 0.1) is 6.26 Å². The molecule has 1 heterocycles. The maximum absolute atomic E-state index is 5.42. The number of hydrogen-bond acceptors (Lipinski definition) is 1. The van der Waals surface area contributed by atoms with Crippen molar-refractivity contribution in [3.05, 3.63) is 72.5 Å². The molecule has 0 N–H and O–H groups in total. The summed E-state index contributed by atoms with van der Waals surface area (Å²) in [6.07, 6.45) is 1.70. The summed E-state index contributed by atoms with van der Waals surface area (Å²) in [5.41, 5.74) is 5.13. The molecule has 0 unspecified atom stereocenters. The Morgan fingerprint density at radius 2 is 1.19 bits per heavy atom. The fourth-order valence-corrected chi connectivity index (χ4v) is 2.43. The third-order valence-corrected chi connectivity index (χ3v) is 3.77. The molecule has 0 atom stereocenters. The fraction of sp³-hybridized carbons (Fsp3) is 0.200. The molecule has 0 amide bonds. The van der Waals surface area contributed by atoms with Crippen LogP contribution in [0.4, 0.5) is 0 Å². The summed E-state index contributed by atoms with van der Waals surface area (Å²) in [6.45, 7) is 6.71. The van der Waals surface area contributed by atoms with Crippen molar-refractivity contribution in [3.63, 3.8) is 0 Å². The van der Waals surface area contributed by atoms with Crippen molar-refractivity contribution in [2.24, 2.45) is 0 Å². The molecule has 1 nitrogen and oxygen atoms in total. The maximum Gasteiger partial charge on any atom is 0.133 e. The van der Waals surface area contributed by atoms with Gasteiger partial charge in [-0.15, -0.1) is 0 Å². The summed E-state index contributed by atoms with van der Waals surface area (Å²) < 4.78 is 5.42. The van der Waals surface area contributed by atoms with Gasteiger partial charge in [0, 0.05) is 5.56 Å². The molecule has 0 spiro atoms.